The van der Waals surface area contributed by atoms with Crippen molar-refractivity contribution in [2.45, 2.75) is 117 Å². The van der Waals surface area contributed by atoms with Crippen molar-refractivity contribution in [1.82, 2.24) is 0 Å². The van der Waals surface area contributed by atoms with Crippen molar-refractivity contribution < 1.29 is 78.4 Å². The summed E-state index contributed by atoms with van der Waals surface area (Å²) in [6.45, 7) is 28.6. The number of hydrogen-bond acceptors (Lipinski definition) is 8. The second-order valence-corrected chi connectivity index (χ2v) is 38.3. The largest absolute Gasteiger partial charge is 1.00 e. The van der Waals surface area contributed by atoms with Gasteiger partial charge in [0.05, 0.1) is 40.1 Å². The van der Waals surface area contributed by atoms with Crippen LogP contribution in [0.2, 0.25) is 0 Å². The molecule has 0 aliphatic heterocycles. The summed E-state index contributed by atoms with van der Waals surface area (Å²) in [4.78, 5) is 0. The van der Waals surface area contributed by atoms with Crippen molar-refractivity contribution in [3.8, 4) is 0 Å². The molecule has 0 N–H and O–H groups in total. The van der Waals surface area contributed by atoms with E-state index in [4.69, 9.17) is 0 Å². The van der Waals surface area contributed by atoms with Gasteiger partial charge >= 0.3 is 213 Å². The Morgan fingerprint density at radius 1 is 0.381 bits per heavy atom. The first-order valence-corrected chi connectivity index (χ1v) is 30.0. The van der Waals surface area contributed by atoms with E-state index in [9.17, 15) is 33.7 Å². The fourth-order valence-corrected chi connectivity index (χ4v) is 15.2. The molecule has 0 aliphatic rings. The summed E-state index contributed by atoms with van der Waals surface area (Å²) in [5, 5.41) is 0. The summed E-state index contributed by atoms with van der Waals surface area (Å²) in [5.41, 5.74) is 5.37. The van der Waals surface area contributed by atoms with E-state index >= 15 is 0 Å². The summed E-state index contributed by atoms with van der Waals surface area (Å²) in [7, 11) is -15.0. The molecule has 0 radical (unpaired) electrons. The van der Waals surface area contributed by atoms with Gasteiger partial charge in [-0.2, -0.15) is 0 Å². The van der Waals surface area contributed by atoms with E-state index in [0.717, 1.165) is 34.0 Å². The Morgan fingerprint density at radius 2 is 0.476 bits per heavy atom. The topological polar surface area (TPSA) is 165 Å². The number of rotatable bonds is 10. The summed E-state index contributed by atoms with van der Waals surface area (Å²) >= 11 is 4.88. The van der Waals surface area contributed by atoms with E-state index in [-0.39, 0.29) is 44.8 Å². The minimum Gasteiger partial charge on any atom is -0.437 e. The summed E-state index contributed by atoms with van der Waals surface area (Å²) < 4.78 is 84.4. The Bertz CT molecular complexity index is 1070. The van der Waals surface area contributed by atoms with Gasteiger partial charge in [0.25, 0.3) is 0 Å². The van der Waals surface area contributed by atoms with Crippen LogP contribution in [0.15, 0.2) is 0 Å². The molecule has 20 heteroatoms. The molecule has 0 aromatic carbocycles. The third kappa shape index (κ3) is 29.8. The summed E-state index contributed by atoms with van der Waals surface area (Å²) in [6.07, 6.45) is 2.87. The fourth-order valence-electron chi connectivity index (χ4n) is 4.07. The Hall–Kier alpha value is 3.64. The molecule has 0 atom stereocenters. The van der Waals surface area contributed by atoms with Crippen molar-refractivity contribution >= 4 is 91.5 Å². The van der Waals surface area contributed by atoms with Crippen LogP contribution < -0.4 is 0 Å². The minimum atomic E-state index is -3.74. The maximum Gasteiger partial charge on any atom is 1.00 e. The number of sulfonamides is 4. The Kier molecular flexibility index (Phi) is 32.9. The van der Waals surface area contributed by atoms with Crippen molar-refractivity contribution in [2.24, 2.45) is 0 Å². The van der Waals surface area contributed by atoms with Crippen molar-refractivity contribution in [2.75, 3.05) is 25.0 Å². The normalized spacial score (nSPS) is 12.9. The van der Waals surface area contributed by atoms with E-state index in [0.29, 0.717) is 25.0 Å². The molecular formula is C22H54Ag2N2O8P2S4Te2. The van der Waals surface area contributed by atoms with E-state index in [1.165, 1.54) is 0 Å². The molecule has 0 amide bonds. The molecule has 268 valence electrons. The van der Waals surface area contributed by atoms with Crippen LogP contribution >= 0.6 is 8.98 Å². The Balaban J connectivity index is -0.000000102. The van der Waals surface area contributed by atoms with Crippen LogP contribution in [-0.4, -0.2) is 135 Å². The van der Waals surface area contributed by atoms with Gasteiger partial charge in [-0.15, -0.1) is 0 Å². The molecule has 0 saturated carbocycles. The first-order chi connectivity index (χ1) is 17.1. The number of nitrogens with zero attached hydrogens (tertiary/aromatic N) is 2. The molecule has 0 saturated heterocycles. The van der Waals surface area contributed by atoms with Gasteiger partial charge in [-0.05, 0) is 0 Å². The minimum absolute atomic E-state index is 0. The van der Waals surface area contributed by atoms with Gasteiger partial charge in [0.15, 0.2) is 0 Å². The molecular weight excluding hydrogens is 1080 g/mol. The third-order valence-electron chi connectivity index (χ3n) is 5.38. The average Bonchev–Trinajstić information content (AvgIpc) is 2.60. The van der Waals surface area contributed by atoms with Crippen LogP contribution in [0.4, 0.5) is 0 Å². The maximum absolute atomic E-state index is 10.1. The number of hydrogen-bond donors (Lipinski definition) is 0. The monoisotopic (exact) mass is 1140 g/mol. The van der Waals surface area contributed by atoms with Crippen LogP contribution in [0.25, 0.3) is 8.25 Å². The van der Waals surface area contributed by atoms with E-state index < -0.39 is 49.1 Å². The Morgan fingerprint density at radius 3 is 0.476 bits per heavy atom. The predicted molar refractivity (Wildman–Crippen MR) is 182 cm³/mol. The third-order valence-corrected chi connectivity index (χ3v) is 41.1. The van der Waals surface area contributed by atoms with Crippen LogP contribution in [0.3, 0.4) is 0 Å². The Labute approximate surface area is 316 Å². The molecule has 0 aliphatic carbocycles. The molecule has 0 aromatic heterocycles. The van der Waals surface area contributed by atoms with Crippen LogP contribution in [-0.2, 0) is 84.9 Å². The first kappa shape index (κ1) is 57.9. The van der Waals surface area contributed by atoms with Gasteiger partial charge < -0.3 is 8.25 Å². The molecule has 0 spiro atoms. The molecule has 0 heterocycles. The van der Waals surface area contributed by atoms with Gasteiger partial charge in [0.2, 0.25) is 0 Å². The molecule has 0 rings (SSSR count). The van der Waals surface area contributed by atoms with Gasteiger partial charge in [-0.25, -0.2) is 33.7 Å². The molecule has 0 fully saturated rings. The predicted octanol–water partition coefficient (Wildman–Crippen LogP) is 5.18. The zero-order valence-corrected chi connectivity index (χ0v) is 40.3. The standard InChI is InChI=1S/2C9H21PTe.2C2H6NO4S2.2Ag/c2*1-7(2)10(11,8(3)4)9(5)6;2*1-8(4,5)3-9(2,6)7;;/h2*7-9H,1-6H3;2*1-2H3;;/q;;2*-1;2*+1. The van der Waals surface area contributed by atoms with Crippen molar-refractivity contribution in [3.63, 3.8) is 0 Å². The average molecular weight is 1140 g/mol. The van der Waals surface area contributed by atoms with Gasteiger partial charge in [0.1, 0.15) is 0 Å². The summed E-state index contributed by atoms with van der Waals surface area (Å²) in [5.74, 6) is 0. The van der Waals surface area contributed by atoms with Crippen molar-refractivity contribution in [1.29, 1.82) is 0 Å². The van der Waals surface area contributed by atoms with E-state index in [1.54, 1.807) is 0 Å². The van der Waals surface area contributed by atoms with Gasteiger partial charge in [0, 0.05) is 25.0 Å². The van der Waals surface area contributed by atoms with Crippen LogP contribution in [0.1, 0.15) is 83.1 Å². The zero-order chi connectivity index (χ0) is 33.9. The first-order valence-electron chi connectivity index (χ1n) is 12.5. The second-order valence-electron chi connectivity index (χ2n) is 11.2. The van der Waals surface area contributed by atoms with Crippen molar-refractivity contribution in [3.05, 3.63) is 8.25 Å². The van der Waals surface area contributed by atoms with Crippen LogP contribution in [0.5, 0.6) is 0 Å². The molecule has 10 nitrogen and oxygen atoms in total. The molecule has 0 aromatic rings. The van der Waals surface area contributed by atoms with Crippen LogP contribution in [0, 0.1) is 0 Å². The smallest absolute Gasteiger partial charge is 0.437 e. The fraction of sp³-hybridized carbons (Fsp3) is 1.00. The quantitative estimate of drug-likeness (QED) is 0.214. The van der Waals surface area contributed by atoms with E-state index in [2.05, 4.69) is 134 Å². The van der Waals surface area contributed by atoms with E-state index in [1.807, 2.05) is 0 Å². The molecule has 0 unspecified atom stereocenters. The maximum atomic E-state index is 10.1. The zero-order valence-electron chi connectivity index (χ0n) is 27.6. The van der Waals surface area contributed by atoms with Gasteiger partial charge in [-0.3, -0.25) is 0 Å². The SMILES string of the molecule is CC(C)P(=[Te])(C(C)C)C(C)C.CC(C)P(=[Te])(C(C)C)C(C)C.CS(=O)(=O)[N-]S(C)(=O)=O.CS(=O)(=O)[N-]S(C)(=O)=O.[Ag+].[Ag+]. The summed E-state index contributed by atoms with van der Waals surface area (Å²) in [6, 6.07) is 0. The van der Waals surface area contributed by atoms with Gasteiger partial charge in [-0.1, -0.05) is 0 Å². The molecule has 42 heavy (non-hydrogen) atoms. The second kappa shape index (κ2) is 23.9. The molecule has 0 bridgehead atoms.